The van der Waals surface area contributed by atoms with E-state index in [1.807, 2.05) is 24.4 Å². The Morgan fingerprint density at radius 1 is 1.07 bits per heavy atom. The van der Waals surface area contributed by atoms with Crippen LogP contribution < -0.4 is 0 Å². The SMILES string of the molecule is Cc1ccc(-c2cc(-c3nc(-c4c(F)cccc4Cl)nn3C)cs2)c(F)c1. The normalized spacial score (nSPS) is 11.1. The Labute approximate surface area is 163 Å². The molecule has 0 unspecified atom stereocenters. The predicted molar refractivity (Wildman–Crippen MR) is 105 cm³/mol. The van der Waals surface area contributed by atoms with Gasteiger partial charge in [0.05, 0.1) is 10.6 Å². The van der Waals surface area contributed by atoms with Crippen LogP contribution in [0.3, 0.4) is 0 Å². The first-order chi connectivity index (χ1) is 12.9. The van der Waals surface area contributed by atoms with E-state index >= 15 is 0 Å². The van der Waals surface area contributed by atoms with Crippen LogP contribution in [0.25, 0.3) is 33.2 Å². The zero-order valence-electron chi connectivity index (χ0n) is 14.5. The van der Waals surface area contributed by atoms with Crippen LogP contribution >= 0.6 is 22.9 Å². The molecular weight excluding hydrogens is 388 g/mol. The molecule has 2 heterocycles. The highest BCUT2D eigenvalue weighted by molar-refractivity contribution is 7.14. The highest BCUT2D eigenvalue weighted by Crippen LogP contribution is 2.35. The summed E-state index contributed by atoms with van der Waals surface area (Å²) < 4.78 is 30.0. The second-order valence-corrected chi connectivity index (χ2v) is 7.48. The predicted octanol–water partition coefficient (Wildman–Crippen LogP) is 6.12. The Morgan fingerprint density at radius 2 is 1.89 bits per heavy atom. The van der Waals surface area contributed by atoms with Gasteiger partial charge in [-0.2, -0.15) is 5.10 Å². The maximum atomic E-state index is 14.3. The molecule has 0 aliphatic rings. The first kappa shape index (κ1) is 17.8. The Morgan fingerprint density at radius 3 is 2.63 bits per heavy atom. The minimum atomic E-state index is -0.479. The van der Waals surface area contributed by atoms with Crippen molar-refractivity contribution in [2.24, 2.45) is 7.05 Å². The molecule has 0 saturated carbocycles. The zero-order chi connectivity index (χ0) is 19.1. The van der Waals surface area contributed by atoms with Crippen LogP contribution in [0.4, 0.5) is 8.78 Å². The summed E-state index contributed by atoms with van der Waals surface area (Å²) in [6.07, 6.45) is 0. The van der Waals surface area contributed by atoms with E-state index in [9.17, 15) is 8.78 Å². The minimum Gasteiger partial charge on any atom is -0.248 e. The second-order valence-electron chi connectivity index (χ2n) is 6.16. The van der Waals surface area contributed by atoms with Crippen molar-refractivity contribution in [2.45, 2.75) is 6.92 Å². The molecule has 2 aromatic carbocycles. The highest BCUT2D eigenvalue weighted by Gasteiger charge is 2.18. The fourth-order valence-electron chi connectivity index (χ4n) is 2.87. The van der Waals surface area contributed by atoms with Gasteiger partial charge in [-0.3, -0.25) is 0 Å². The first-order valence-corrected chi connectivity index (χ1v) is 9.40. The average Bonchev–Trinajstić information content (AvgIpc) is 3.21. The molecule has 0 radical (unpaired) electrons. The molecule has 0 atom stereocenters. The Hall–Kier alpha value is -2.57. The summed E-state index contributed by atoms with van der Waals surface area (Å²) >= 11 is 7.53. The number of rotatable bonds is 3. The van der Waals surface area contributed by atoms with Gasteiger partial charge in [0, 0.05) is 28.4 Å². The van der Waals surface area contributed by atoms with Gasteiger partial charge in [0.1, 0.15) is 11.6 Å². The van der Waals surface area contributed by atoms with Gasteiger partial charge in [0.2, 0.25) is 0 Å². The lowest BCUT2D eigenvalue weighted by Gasteiger charge is -2.01. The van der Waals surface area contributed by atoms with Gasteiger partial charge in [0.15, 0.2) is 11.6 Å². The van der Waals surface area contributed by atoms with Crippen molar-refractivity contribution in [1.29, 1.82) is 0 Å². The van der Waals surface area contributed by atoms with Crippen molar-refractivity contribution in [3.05, 3.63) is 70.1 Å². The van der Waals surface area contributed by atoms with Crippen molar-refractivity contribution < 1.29 is 8.78 Å². The maximum Gasteiger partial charge on any atom is 0.186 e. The van der Waals surface area contributed by atoms with E-state index in [1.54, 1.807) is 23.9 Å². The molecule has 0 saturated heterocycles. The van der Waals surface area contributed by atoms with E-state index in [0.29, 0.717) is 11.4 Å². The van der Waals surface area contributed by atoms with Crippen molar-refractivity contribution in [3.8, 4) is 33.2 Å². The van der Waals surface area contributed by atoms with Crippen LogP contribution in [-0.2, 0) is 7.05 Å². The third kappa shape index (κ3) is 3.26. The summed E-state index contributed by atoms with van der Waals surface area (Å²) in [5.74, 6) is 0.0248. The molecule has 136 valence electrons. The third-order valence-electron chi connectivity index (χ3n) is 4.20. The molecule has 7 heteroatoms. The Bertz CT molecular complexity index is 1130. The summed E-state index contributed by atoms with van der Waals surface area (Å²) in [6, 6.07) is 11.5. The summed E-state index contributed by atoms with van der Waals surface area (Å²) in [4.78, 5) is 5.24. The maximum absolute atomic E-state index is 14.3. The molecular formula is C20H14ClF2N3S. The van der Waals surface area contributed by atoms with Crippen molar-refractivity contribution in [1.82, 2.24) is 14.8 Å². The van der Waals surface area contributed by atoms with Crippen LogP contribution in [-0.4, -0.2) is 14.8 Å². The largest absolute Gasteiger partial charge is 0.248 e. The number of thiophene rings is 1. The Balaban J connectivity index is 1.76. The van der Waals surface area contributed by atoms with Gasteiger partial charge < -0.3 is 0 Å². The number of halogens is 3. The number of benzene rings is 2. The fraction of sp³-hybridized carbons (Fsp3) is 0.100. The average molecular weight is 402 g/mol. The molecule has 0 spiro atoms. The molecule has 4 aromatic rings. The van der Waals surface area contributed by atoms with Gasteiger partial charge >= 0.3 is 0 Å². The molecule has 0 aliphatic carbocycles. The molecule has 0 bridgehead atoms. The summed E-state index contributed by atoms with van der Waals surface area (Å²) in [5.41, 5.74) is 2.36. The van der Waals surface area contributed by atoms with Gasteiger partial charge in [-0.15, -0.1) is 11.3 Å². The zero-order valence-corrected chi connectivity index (χ0v) is 16.1. The van der Waals surface area contributed by atoms with Crippen LogP contribution in [0.1, 0.15) is 5.56 Å². The van der Waals surface area contributed by atoms with Gasteiger partial charge in [0.25, 0.3) is 0 Å². The van der Waals surface area contributed by atoms with Crippen molar-refractivity contribution >= 4 is 22.9 Å². The van der Waals surface area contributed by atoms with Crippen LogP contribution in [0.5, 0.6) is 0 Å². The van der Waals surface area contributed by atoms with Crippen LogP contribution in [0.15, 0.2) is 47.8 Å². The number of nitrogens with zero attached hydrogens (tertiary/aromatic N) is 3. The smallest absolute Gasteiger partial charge is 0.186 e. The van der Waals surface area contributed by atoms with Crippen LogP contribution in [0, 0.1) is 18.6 Å². The molecule has 0 aliphatic heterocycles. The summed E-state index contributed by atoms with van der Waals surface area (Å²) in [6.45, 7) is 1.85. The van der Waals surface area contributed by atoms with E-state index in [0.717, 1.165) is 16.0 Å². The number of aromatic nitrogens is 3. The van der Waals surface area contributed by atoms with Crippen molar-refractivity contribution in [3.63, 3.8) is 0 Å². The molecule has 3 nitrogen and oxygen atoms in total. The number of hydrogen-bond donors (Lipinski definition) is 0. The molecule has 0 N–H and O–H groups in total. The molecule has 4 rings (SSSR count). The van der Waals surface area contributed by atoms with E-state index in [-0.39, 0.29) is 22.2 Å². The third-order valence-corrected chi connectivity index (χ3v) is 5.48. The molecule has 0 amide bonds. The van der Waals surface area contributed by atoms with E-state index in [2.05, 4.69) is 10.1 Å². The van der Waals surface area contributed by atoms with Gasteiger partial charge in [-0.1, -0.05) is 29.8 Å². The summed E-state index contributed by atoms with van der Waals surface area (Å²) in [7, 11) is 1.73. The minimum absolute atomic E-state index is 0.168. The van der Waals surface area contributed by atoms with E-state index in [4.69, 9.17) is 11.6 Å². The monoisotopic (exact) mass is 401 g/mol. The molecule has 2 aromatic heterocycles. The van der Waals surface area contributed by atoms with Gasteiger partial charge in [-0.05, 0) is 36.8 Å². The summed E-state index contributed by atoms with van der Waals surface area (Å²) in [5, 5.41) is 6.43. The van der Waals surface area contributed by atoms with Crippen LogP contribution in [0.2, 0.25) is 5.02 Å². The van der Waals surface area contributed by atoms with E-state index in [1.165, 1.54) is 29.5 Å². The molecule has 0 fully saturated rings. The van der Waals surface area contributed by atoms with Crippen molar-refractivity contribution in [2.75, 3.05) is 0 Å². The lowest BCUT2D eigenvalue weighted by atomic mass is 10.1. The fourth-order valence-corrected chi connectivity index (χ4v) is 4.03. The van der Waals surface area contributed by atoms with Gasteiger partial charge in [-0.25, -0.2) is 18.4 Å². The first-order valence-electron chi connectivity index (χ1n) is 8.15. The standard InChI is InChI=1S/C20H14ClF2N3S/c1-11-6-7-13(16(23)8-11)17-9-12(10-27-17)20-24-19(25-26(20)2)18-14(21)4-3-5-15(18)22/h3-10H,1-2H3. The topological polar surface area (TPSA) is 30.7 Å². The second kappa shape index (κ2) is 6.87. The highest BCUT2D eigenvalue weighted by atomic mass is 35.5. The number of aryl methyl sites for hydroxylation is 2. The number of hydrogen-bond acceptors (Lipinski definition) is 3. The lowest BCUT2D eigenvalue weighted by Crippen LogP contribution is -1.93. The van der Waals surface area contributed by atoms with E-state index < -0.39 is 5.82 Å². The quantitative estimate of drug-likeness (QED) is 0.414. The Kier molecular flexibility index (Phi) is 4.53. The lowest BCUT2D eigenvalue weighted by molar-refractivity contribution is 0.629. The molecule has 27 heavy (non-hydrogen) atoms.